The van der Waals surface area contributed by atoms with Crippen molar-refractivity contribution in [1.29, 1.82) is 0 Å². The topological polar surface area (TPSA) is 53.8 Å². The molecule has 1 aliphatic heterocycles. The number of thiocarbonyl (C=S) groups is 1. The Bertz CT molecular complexity index is 1640. The first-order valence-electron chi connectivity index (χ1n) is 11.9. The number of nitrogens with zero attached hydrogens (tertiary/aromatic N) is 2. The Morgan fingerprint density at radius 2 is 1.41 bits per heavy atom. The lowest BCUT2D eigenvalue weighted by Crippen LogP contribution is -2.57. The molecule has 0 unspecified atom stereocenters. The third kappa shape index (κ3) is 4.88. The molecule has 0 atom stereocenters. The molecule has 0 bridgehead atoms. The average molecular weight is 547 g/mol. The minimum absolute atomic E-state index is 0.0177. The molecule has 0 saturated carbocycles. The van der Waals surface area contributed by atoms with Crippen LogP contribution >= 0.6 is 12.2 Å². The highest BCUT2D eigenvalue weighted by Crippen LogP contribution is 2.38. The predicted molar refractivity (Wildman–Crippen MR) is 147 cm³/mol. The van der Waals surface area contributed by atoms with E-state index in [-0.39, 0.29) is 27.8 Å². The highest BCUT2D eigenvalue weighted by Gasteiger charge is 2.41. The second-order valence-corrected chi connectivity index (χ2v) is 9.34. The summed E-state index contributed by atoms with van der Waals surface area (Å²) >= 11 is 5.63. The van der Waals surface area contributed by atoms with Crippen molar-refractivity contribution >= 4 is 46.6 Å². The predicted octanol–water partition coefficient (Wildman–Crippen LogP) is 7.33. The van der Waals surface area contributed by atoms with Gasteiger partial charge in [-0.1, -0.05) is 42.5 Å². The molecule has 1 aliphatic rings. The van der Waals surface area contributed by atoms with Crippen LogP contribution in [0.5, 0.6) is 0 Å². The molecule has 3 aromatic carbocycles. The first-order chi connectivity index (χ1) is 18.6. The van der Waals surface area contributed by atoms with Crippen LogP contribution in [0.4, 0.5) is 24.5 Å². The quantitative estimate of drug-likeness (QED) is 0.153. The maximum absolute atomic E-state index is 13.7. The Morgan fingerprint density at radius 3 is 2.08 bits per heavy atom. The summed E-state index contributed by atoms with van der Waals surface area (Å²) in [6.07, 6.45) is -3.36. The third-order valence-electron chi connectivity index (χ3n) is 6.42. The number of aryl methyl sites for hydroxylation is 2. The van der Waals surface area contributed by atoms with Gasteiger partial charge in [0.05, 0.1) is 16.9 Å². The Labute approximate surface area is 227 Å². The van der Waals surface area contributed by atoms with Crippen molar-refractivity contribution in [1.82, 2.24) is 0 Å². The lowest BCUT2D eigenvalue weighted by molar-refractivity contribution is -0.137. The van der Waals surface area contributed by atoms with Crippen LogP contribution in [0.1, 0.15) is 22.5 Å². The molecule has 196 valence electrons. The van der Waals surface area contributed by atoms with Crippen molar-refractivity contribution in [3.8, 4) is 11.3 Å². The molecule has 4 aromatic rings. The highest BCUT2D eigenvalue weighted by atomic mass is 32.1. The Kier molecular flexibility index (Phi) is 6.69. The molecule has 0 radical (unpaired) electrons. The van der Waals surface area contributed by atoms with Gasteiger partial charge in [-0.3, -0.25) is 19.4 Å². The summed E-state index contributed by atoms with van der Waals surface area (Å²) in [6, 6.07) is 21.8. The first-order valence-corrected chi connectivity index (χ1v) is 12.3. The lowest BCUT2D eigenvalue weighted by Gasteiger charge is -2.36. The number of para-hydroxylation sites is 1. The van der Waals surface area contributed by atoms with Crippen LogP contribution in [0.15, 0.2) is 94.9 Å². The number of carbonyl (C=O) groups is 2. The van der Waals surface area contributed by atoms with Crippen molar-refractivity contribution in [2.45, 2.75) is 20.0 Å². The second kappa shape index (κ2) is 9.99. The molecule has 0 aliphatic carbocycles. The van der Waals surface area contributed by atoms with Crippen LogP contribution in [0.3, 0.4) is 0 Å². The van der Waals surface area contributed by atoms with Crippen molar-refractivity contribution < 1.29 is 27.2 Å². The number of alkyl halides is 3. The molecule has 0 spiro atoms. The minimum atomic E-state index is -4.59. The number of anilines is 2. The first kappa shape index (κ1) is 26.1. The highest BCUT2D eigenvalue weighted by molar-refractivity contribution is 7.81. The van der Waals surface area contributed by atoms with E-state index in [9.17, 15) is 22.8 Å². The summed E-state index contributed by atoms with van der Waals surface area (Å²) in [5.41, 5.74) is 1.62. The largest absolute Gasteiger partial charge is 0.457 e. The van der Waals surface area contributed by atoms with Gasteiger partial charge >= 0.3 is 6.18 Å². The summed E-state index contributed by atoms with van der Waals surface area (Å²) in [6.45, 7) is 3.84. The molecule has 5 nitrogen and oxygen atoms in total. The summed E-state index contributed by atoms with van der Waals surface area (Å²) in [5.74, 6) is -1.36. The van der Waals surface area contributed by atoms with Crippen molar-refractivity contribution in [3.63, 3.8) is 0 Å². The van der Waals surface area contributed by atoms with Gasteiger partial charge in [0.2, 0.25) is 0 Å². The fourth-order valence-corrected chi connectivity index (χ4v) is 4.67. The molecule has 5 rings (SSSR count). The minimum Gasteiger partial charge on any atom is -0.457 e. The van der Waals surface area contributed by atoms with Gasteiger partial charge in [-0.15, -0.1) is 0 Å². The number of amides is 2. The smallest absolute Gasteiger partial charge is 0.417 e. The van der Waals surface area contributed by atoms with Crippen LogP contribution < -0.4 is 9.80 Å². The number of benzene rings is 3. The van der Waals surface area contributed by atoms with E-state index in [4.69, 9.17) is 16.6 Å². The van der Waals surface area contributed by atoms with E-state index in [0.717, 1.165) is 17.2 Å². The zero-order valence-corrected chi connectivity index (χ0v) is 21.6. The zero-order chi connectivity index (χ0) is 27.9. The zero-order valence-electron chi connectivity index (χ0n) is 20.8. The van der Waals surface area contributed by atoms with E-state index in [1.165, 1.54) is 46.2 Å². The fourth-order valence-electron chi connectivity index (χ4n) is 4.29. The van der Waals surface area contributed by atoms with Gasteiger partial charge in [-0.25, -0.2) is 0 Å². The molecule has 2 amide bonds. The van der Waals surface area contributed by atoms with Gasteiger partial charge < -0.3 is 4.42 Å². The Balaban J connectivity index is 1.61. The van der Waals surface area contributed by atoms with E-state index >= 15 is 0 Å². The van der Waals surface area contributed by atoms with Crippen LogP contribution in [0.25, 0.3) is 17.4 Å². The van der Waals surface area contributed by atoms with Crippen LogP contribution in [-0.4, -0.2) is 16.9 Å². The van der Waals surface area contributed by atoms with Crippen molar-refractivity contribution in [2.75, 3.05) is 9.80 Å². The summed E-state index contributed by atoms with van der Waals surface area (Å²) in [7, 11) is 0. The third-order valence-corrected chi connectivity index (χ3v) is 6.79. The van der Waals surface area contributed by atoms with Crippen LogP contribution in [0, 0.1) is 13.8 Å². The molecular formula is C30H21F3N2O3S. The molecule has 9 heteroatoms. The Morgan fingerprint density at radius 1 is 0.769 bits per heavy atom. The average Bonchev–Trinajstić information content (AvgIpc) is 3.37. The SMILES string of the molecule is Cc1ccc(N2C(=O)/C(=C\c3ccc(-c4ccccc4C(F)(F)F)o3)C(=O)N(c3ccccc3)C2=S)cc1C. The maximum Gasteiger partial charge on any atom is 0.417 e. The van der Waals surface area contributed by atoms with Crippen molar-refractivity contribution in [3.05, 3.63) is 113 Å². The Hall–Kier alpha value is -4.50. The number of hydrogen-bond acceptors (Lipinski definition) is 4. The van der Waals surface area contributed by atoms with Gasteiger partial charge in [0.15, 0.2) is 5.11 Å². The van der Waals surface area contributed by atoms with E-state index in [1.807, 2.05) is 19.9 Å². The van der Waals surface area contributed by atoms with Gasteiger partial charge in [-0.2, -0.15) is 13.2 Å². The molecule has 1 aromatic heterocycles. The molecule has 0 N–H and O–H groups in total. The molecule has 1 saturated heterocycles. The normalized spacial score (nSPS) is 15.4. The number of rotatable bonds is 4. The molecule has 39 heavy (non-hydrogen) atoms. The molecular weight excluding hydrogens is 525 g/mol. The summed E-state index contributed by atoms with van der Waals surface area (Å²) in [4.78, 5) is 29.9. The van der Waals surface area contributed by atoms with E-state index in [0.29, 0.717) is 11.4 Å². The maximum atomic E-state index is 13.7. The van der Waals surface area contributed by atoms with Gasteiger partial charge in [-0.05, 0) is 85.7 Å². The summed E-state index contributed by atoms with van der Waals surface area (Å²) < 4.78 is 46.3. The molecule has 2 heterocycles. The van der Waals surface area contributed by atoms with Gasteiger partial charge in [0.1, 0.15) is 17.1 Å². The lowest BCUT2D eigenvalue weighted by atomic mass is 10.1. The standard InChI is InChI=1S/C30H21F3N2O3S/c1-18-12-13-21(16-19(18)2)35-28(37)24(27(36)34(29(35)39)20-8-4-3-5-9-20)17-22-14-15-26(38-22)23-10-6-7-11-25(23)30(31,32)33/h3-17H,1-2H3/b24-17-. The van der Waals surface area contributed by atoms with Crippen LogP contribution in [-0.2, 0) is 15.8 Å². The van der Waals surface area contributed by atoms with E-state index in [2.05, 4.69) is 0 Å². The fraction of sp³-hybridized carbons (Fsp3) is 0.100. The molecule has 1 fully saturated rings. The summed E-state index contributed by atoms with van der Waals surface area (Å²) in [5, 5.41) is -0.0177. The van der Waals surface area contributed by atoms with Gasteiger partial charge in [0, 0.05) is 5.56 Å². The van der Waals surface area contributed by atoms with Gasteiger partial charge in [0.25, 0.3) is 11.8 Å². The van der Waals surface area contributed by atoms with Crippen molar-refractivity contribution in [2.24, 2.45) is 0 Å². The monoisotopic (exact) mass is 546 g/mol. The number of furan rings is 1. The number of halogens is 3. The second-order valence-electron chi connectivity index (χ2n) is 8.97. The number of hydrogen-bond donors (Lipinski definition) is 0. The van der Waals surface area contributed by atoms with Crippen LogP contribution in [0.2, 0.25) is 0 Å². The van der Waals surface area contributed by atoms with E-state index in [1.54, 1.807) is 42.5 Å². The number of carbonyl (C=O) groups excluding carboxylic acids is 2. The van der Waals surface area contributed by atoms with E-state index < -0.39 is 23.6 Å².